The Morgan fingerprint density at radius 1 is 0.931 bits per heavy atom. The Hall–Kier alpha value is -3.04. The zero-order valence-corrected chi connectivity index (χ0v) is 17.9. The van der Waals surface area contributed by atoms with Crippen LogP contribution in [0.3, 0.4) is 0 Å². The van der Waals surface area contributed by atoms with E-state index in [2.05, 4.69) is 35.0 Å². The second-order valence-electron chi connectivity index (χ2n) is 7.08. The van der Waals surface area contributed by atoms with Gasteiger partial charge in [0.1, 0.15) is 0 Å². The van der Waals surface area contributed by atoms with Crippen molar-refractivity contribution in [3.63, 3.8) is 0 Å². The minimum Gasteiger partial charge on any atom is -0.289 e. The smallest absolute Gasteiger partial charge is 0.188 e. The quantitative estimate of drug-likeness (QED) is 0.248. The third kappa shape index (κ3) is 4.06. The number of pyridine rings is 1. The zero-order valence-electron chi connectivity index (χ0n) is 16.3. The van der Waals surface area contributed by atoms with Gasteiger partial charge in [0, 0.05) is 21.1 Å². The van der Waals surface area contributed by atoms with Crippen LogP contribution < -0.4 is 0 Å². The van der Waals surface area contributed by atoms with E-state index >= 15 is 0 Å². The molecule has 1 heterocycles. The van der Waals surface area contributed by atoms with Gasteiger partial charge in [-0.05, 0) is 55.3 Å². The molecule has 0 atom stereocenters. The van der Waals surface area contributed by atoms with Crippen molar-refractivity contribution in [2.45, 2.75) is 13.8 Å². The number of carbonyl (C=O) groups is 1. The van der Waals surface area contributed by atoms with Crippen LogP contribution in [0.15, 0.2) is 83.3 Å². The molecule has 142 valence electrons. The van der Waals surface area contributed by atoms with Gasteiger partial charge in [-0.2, -0.15) is 0 Å². The Balaban J connectivity index is 1.90. The number of benzene rings is 3. The average Bonchev–Trinajstić information content (AvgIpc) is 2.73. The number of nitrogens with zero attached hydrogens (tertiary/aromatic N) is 1. The van der Waals surface area contributed by atoms with Crippen molar-refractivity contribution < 1.29 is 4.79 Å². The maximum absolute atomic E-state index is 13.3. The molecule has 0 N–H and O–H groups in total. The number of aryl methyl sites for hydroxylation is 2. The molecule has 0 fully saturated rings. The Kier molecular flexibility index (Phi) is 5.41. The molecule has 0 unspecified atom stereocenters. The molecular formula is C26H20BrNO. The molecule has 0 saturated carbocycles. The largest absolute Gasteiger partial charge is 0.289 e. The van der Waals surface area contributed by atoms with Gasteiger partial charge < -0.3 is 0 Å². The van der Waals surface area contributed by atoms with E-state index in [1.165, 1.54) is 0 Å². The van der Waals surface area contributed by atoms with E-state index in [1.54, 1.807) is 6.08 Å². The Morgan fingerprint density at radius 3 is 2.38 bits per heavy atom. The molecule has 1 aromatic heterocycles. The first-order chi connectivity index (χ1) is 14.0. The lowest BCUT2D eigenvalue weighted by molar-refractivity contribution is 0.104. The van der Waals surface area contributed by atoms with Crippen molar-refractivity contribution in [3.05, 3.63) is 106 Å². The van der Waals surface area contributed by atoms with Crippen molar-refractivity contribution in [1.82, 2.24) is 4.98 Å². The molecule has 0 aliphatic carbocycles. The molecule has 4 rings (SSSR count). The van der Waals surface area contributed by atoms with Crippen molar-refractivity contribution >= 4 is 38.7 Å². The summed E-state index contributed by atoms with van der Waals surface area (Å²) >= 11 is 3.44. The van der Waals surface area contributed by atoms with Gasteiger partial charge in [-0.1, -0.05) is 76.1 Å². The normalized spacial score (nSPS) is 11.3. The van der Waals surface area contributed by atoms with Crippen LogP contribution in [-0.4, -0.2) is 10.8 Å². The van der Waals surface area contributed by atoms with Gasteiger partial charge in [0.15, 0.2) is 5.78 Å². The molecule has 0 spiro atoms. The van der Waals surface area contributed by atoms with E-state index in [9.17, 15) is 4.79 Å². The molecule has 0 aliphatic rings. The van der Waals surface area contributed by atoms with Crippen LogP contribution in [-0.2, 0) is 0 Å². The first kappa shape index (κ1) is 19.3. The summed E-state index contributed by atoms with van der Waals surface area (Å²) in [4.78, 5) is 18.0. The van der Waals surface area contributed by atoms with E-state index in [0.717, 1.165) is 43.3 Å². The highest BCUT2D eigenvalue weighted by Crippen LogP contribution is 2.34. The van der Waals surface area contributed by atoms with Gasteiger partial charge in [0.2, 0.25) is 0 Å². The van der Waals surface area contributed by atoms with Gasteiger partial charge in [-0.25, -0.2) is 0 Å². The number of rotatable bonds is 4. The van der Waals surface area contributed by atoms with Crippen molar-refractivity contribution in [2.24, 2.45) is 0 Å². The summed E-state index contributed by atoms with van der Waals surface area (Å²) in [6, 6.07) is 24.1. The van der Waals surface area contributed by atoms with Gasteiger partial charge in [-0.15, -0.1) is 0 Å². The molecule has 3 aromatic carbocycles. The van der Waals surface area contributed by atoms with Crippen LogP contribution in [0, 0.1) is 13.8 Å². The Morgan fingerprint density at radius 2 is 1.66 bits per heavy atom. The summed E-state index contributed by atoms with van der Waals surface area (Å²) in [7, 11) is 0. The first-order valence-electron chi connectivity index (χ1n) is 9.47. The first-order valence-corrected chi connectivity index (χ1v) is 10.3. The van der Waals surface area contributed by atoms with Crippen molar-refractivity contribution in [1.29, 1.82) is 0 Å². The number of allylic oxidation sites excluding steroid dienone is 1. The summed E-state index contributed by atoms with van der Waals surface area (Å²) in [5, 5.41) is 1.00. The van der Waals surface area contributed by atoms with Gasteiger partial charge in [-0.3, -0.25) is 9.78 Å². The number of hydrogen-bond donors (Lipinski definition) is 0. The third-order valence-electron chi connectivity index (χ3n) is 4.93. The summed E-state index contributed by atoms with van der Waals surface area (Å²) in [5.41, 5.74) is 6.39. The number of aromatic nitrogens is 1. The fraction of sp³-hybridized carbons (Fsp3) is 0.0769. The molecule has 29 heavy (non-hydrogen) atoms. The van der Waals surface area contributed by atoms with E-state index in [0.29, 0.717) is 5.56 Å². The van der Waals surface area contributed by atoms with Crippen LogP contribution in [0.5, 0.6) is 0 Å². The lowest BCUT2D eigenvalue weighted by atomic mass is 9.91. The standard InChI is InChI=1S/C26H20BrNO/c1-17-8-14-23-22(16-17)26(20-6-4-3-5-7-20)25(18(2)28-23)24(29)15-11-19-9-12-21(27)13-10-19/h3-16H,1-2H3/b15-11+. The molecule has 0 bridgehead atoms. The molecule has 0 aliphatic heterocycles. The maximum Gasteiger partial charge on any atom is 0.188 e. The SMILES string of the molecule is Cc1ccc2nc(C)c(C(=O)/C=C/c3ccc(Br)cc3)c(-c3ccccc3)c2c1. The van der Waals surface area contributed by atoms with Crippen molar-refractivity contribution in [3.8, 4) is 11.1 Å². The Labute approximate surface area is 179 Å². The lowest BCUT2D eigenvalue weighted by Gasteiger charge is -2.14. The lowest BCUT2D eigenvalue weighted by Crippen LogP contribution is -2.05. The zero-order chi connectivity index (χ0) is 20.4. The second kappa shape index (κ2) is 8.14. The molecule has 0 saturated heterocycles. The molecule has 3 heteroatoms. The monoisotopic (exact) mass is 441 g/mol. The van der Waals surface area contributed by atoms with Crippen LogP contribution >= 0.6 is 15.9 Å². The highest BCUT2D eigenvalue weighted by molar-refractivity contribution is 9.10. The van der Waals surface area contributed by atoms with E-state index in [1.807, 2.05) is 73.7 Å². The maximum atomic E-state index is 13.3. The van der Waals surface area contributed by atoms with Crippen LogP contribution in [0.1, 0.15) is 27.2 Å². The molecule has 2 nitrogen and oxygen atoms in total. The number of hydrogen-bond acceptors (Lipinski definition) is 2. The number of carbonyl (C=O) groups excluding carboxylic acids is 1. The van der Waals surface area contributed by atoms with Gasteiger partial charge >= 0.3 is 0 Å². The predicted octanol–water partition coefficient (Wildman–Crippen LogP) is 7.18. The number of ketones is 1. The van der Waals surface area contributed by atoms with E-state index in [4.69, 9.17) is 4.98 Å². The summed E-state index contributed by atoms with van der Waals surface area (Å²) < 4.78 is 1.01. The van der Waals surface area contributed by atoms with Gasteiger partial charge in [0.25, 0.3) is 0 Å². The molecule has 0 radical (unpaired) electrons. The predicted molar refractivity (Wildman–Crippen MR) is 124 cm³/mol. The van der Waals surface area contributed by atoms with Gasteiger partial charge in [0.05, 0.1) is 11.1 Å². The molecular weight excluding hydrogens is 422 g/mol. The third-order valence-corrected chi connectivity index (χ3v) is 5.46. The minimum absolute atomic E-state index is 0.0415. The number of fused-ring (bicyclic) bond motifs is 1. The van der Waals surface area contributed by atoms with E-state index < -0.39 is 0 Å². The summed E-state index contributed by atoms with van der Waals surface area (Å²) in [5.74, 6) is -0.0415. The summed E-state index contributed by atoms with van der Waals surface area (Å²) in [6.07, 6.45) is 3.49. The second-order valence-corrected chi connectivity index (χ2v) is 8.00. The highest BCUT2D eigenvalue weighted by Gasteiger charge is 2.19. The molecule has 0 amide bonds. The summed E-state index contributed by atoms with van der Waals surface area (Å²) in [6.45, 7) is 3.97. The number of halogens is 1. The van der Waals surface area contributed by atoms with E-state index in [-0.39, 0.29) is 5.78 Å². The average molecular weight is 442 g/mol. The minimum atomic E-state index is -0.0415. The van der Waals surface area contributed by atoms with Crippen LogP contribution in [0.25, 0.3) is 28.1 Å². The molecule has 4 aromatic rings. The van der Waals surface area contributed by atoms with Crippen molar-refractivity contribution in [2.75, 3.05) is 0 Å². The topological polar surface area (TPSA) is 30.0 Å². The van der Waals surface area contributed by atoms with Crippen LogP contribution in [0.4, 0.5) is 0 Å². The highest BCUT2D eigenvalue weighted by atomic mass is 79.9. The van der Waals surface area contributed by atoms with Crippen LogP contribution in [0.2, 0.25) is 0 Å². The fourth-order valence-electron chi connectivity index (χ4n) is 3.54. The fourth-order valence-corrected chi connectivity index (χ4v) is 3.80. The Bertz CT molecular complexity index is 1230.